The van der Waals surface area contributed by atoms with Crippen molar-refractivity contribution in [3.8, 4) is 0 Å². The fraction of sp³-hybridized carbons (Fsp3) is 0.800. The van der Waals surface area contributed by atoms with Gasteiger partial charge in [-0.05, 0) is 37.2 Å². The van der Waals surface area contributed by atoms with Crippen molar-refractivity contribution in [3.63, 3.8) is 0 Å². The maximum atomic E-state index is 11.8. The van der Waals surface area contributed by atoms with Gasteiger partial charge in [-0.25, -0.2) is 9.68 Å². The number of aliphatic hydroxyl groups is 1. The highest BCUT2D eigenvalue weighted by molar-refractivity contribution is 5.91. The van der Waals surface area contributed by atoms with E-state index in [1.165, 1.54) is 0 Å². The highest BCUT2D eigenvalue weighted by Crippen LogP contribution is 2.55. The molecule has 5 atom stereocenters. The summed E-state index contributed by atoms with van der Waals surface area (Å²) in [7, 11) is 0. The first-order chi connectivity index (χ1) is 9.27. The molecule has 5 heteroatoms. The molecule has 0 bridgehead atoms. The molecule has 0 unspecified atom stereocenters. The number of cyclic esters (lactones) is 1. The third-order valence-electron chi connectivity index (χ3n) is 5.33. The Morgan fingerprint density at radius 1 is 1.35 bits per heavy atom. The molecule has 0 spiro atoms. The molecule has 0 aromatic heterocycles. The minimum absolute atomic E-state index is 0.00426. The summed E-state index contributed by atoms with van der Waals surface area (Å²) >= 11 is 0. The smallest absolute Gasteiger partial charge is 0.334 e. The molecule has 2 fully saturated rings. The van der Waals surface area contributed by atoms with Gasteiger partial charge in [0.05, 0.1) is 12.0 Å². The number of esters is 1. The van der Waals surface area contributed by atoms with Gasteiger partial charge in [-0.3, -0.25) is 5.26 Å². The Labute approximate surface area is 118 Å². The number of fused-ring (bicyclic) bond motifs is 2. The lowest BCUT2D eigenvalue weighted by Crippen LogP contribution is -2.40. The Kier molecular flexibility index (Phi) is 3.01. The number of ether oxygens (including phenoxy) is 1. The van der Waals surface area contributed by atoms with Crippen LogP contribution in [-0.2, 0) is 14.4 Å². The van der Waals surface area contributed by atoms with Crippen LogP contribution in [0.15, 0.2) is 11.6 Å². The van der Waals surface area contributed by atoms with Crippen LogP contribution in [0.4, 0.5) is 0 Å². The van der Waals surface area contributed by atoms with E-state index in [9.17, 15) is 15.2 Å². The predicted octanol–water partition coefficient (Wildman–Crippen LogP) is 1.76. The van der Waals surface area contributed by atoms with Crippen LogP contribution in [0, 0.1) is 23.2 Å². The molecule has 20 heavy (non-hydrogen) atoms. The van der Waals surface area contributed by atoms with Crippen LogP contribution in [0.3, 0.4) is 0 Å². The van der Waals surface area contributed by atoms with Crippen LogP contribution in [0.25, 0.3) is 0 Å². The van der Waals surface area contributed by atoms with Gasteiger partial charge < -0.3 is 9.84 Å². The zero-order valence-corrected chi connectivity index (χ0v) is 12.1. The molecule has 2 N–H and O–H groups in total. The quantitative estimate of drug-likeness (QED) is 0.435. The second kappa shape index (κ2) is 4.29. The van der Waals surface area contributed by atoms with Crippen molar-refractivity contribution >= 4 is 5.97 Å². The van der Waals surface area contributed by atoms with E-state index in [4.69, 9.17) is 9.62 Å². The number of carbonyl (C=O) groups excluding carboxylic acids is 1. The predicted molar refractivity (Wildman–Crippen MR) is 70.7 cm³/mol. The van der Waals surface area contributed by atoms with Crippen molar-refractivity contribution < 1.29 is 24.8 Å². The Morgan fingerprint density at radius 2 is 2.05 bits per heavy atom. The fourth-order valence-electron chi connectivity index (χ4n) is 4.34. The van der Waals surface area contributed by atoms with Gasteiger partial charge in [0.1, 0.15) is 12.2 Å². The number of carbonyl (C=O) groups is 1. The summed E-state index contributed by atoms with van der Waals surface area (Å²) in [4.78, 5) is 16.6. The lowest BCUT2D eigenvalue weighted by Gasteiger charge is -2.34. The van der Waals surface area contributed by atoms with E-state index in [1.54, 1.807) is 13.0 Å². The van der Waals surface area contributed by atoms with E-state index in [1.807, 2.05) is 0 Å². The van der Waals surface area contributed by atoms with Gasteiger partial charge in [0.2, 0.25) is 0 Å². The largest absolute Gasteiger partial charge is 0.462 e. The molecule has 0 aromatic rings. The summed E-state index contributed by atoms with van der Waals surface area (Å²) in [5.41, 5.74) is -0.418. The van der Waals surface area contributed by atoms with Gasteiger partial charge in [0.15, 0.2) is 0 Å². The average molecular weight is 282 g/mol. The van der Waals surface area contributed by atoms with Crippen molar-refractivity contribution in [2.75, 3.05) is 6.61 Å². The summed E-state index contributed by atoms with van der Waals surface area (Å²) in [6.07, 6.45) is 2.74. The van der Waals surface area contributed by atoms with Crippen LogP contribution in [0.1, 0.15) is 33.6 Å². The summed E-state index contributed by atoms with van der Waals surface area (Å²) < 4.78 is 5.06. The summed E-state index contributed by atoms with van der Waals surface area (Å²) in [6.45, 7) is 6.32. The second-order valence-corrected chi connectivity index (χ2v) is 7.41. The van der Waals surface area contributed by atoms with Crippen molar-refractivity contribution in [3.05, 3.63) is 11.6 Å². The van der Waals surface area contributed by atoms with E-state index in [-0.39, 0.29) is 29.8 Å². The van der Waals surface area contributed by atoms with Crippen molar-refractivity contribution in [1.29, 1.82) is 0 Å². The topological polar surface area (TPSA) is 76.0 Å². The Balaban J connectivity index is 2.07. The van der Waals surface area contributed by atoms with Crippen molar-refractivity contribution in [2.24, 2.45) is 23.2 Å². The summed E-state index contributed by atoms with van der Waals surface area (Å²) in [5.74, 6) is -0.726. The first-order valence-corrected chi connectivity index (χ1v) is 7.18. The monoisotopic (exact) mass is 282 g/mol. The van der Waals surface area contributed by atoms with E-state index in [2.05, 4.69) is 13.8 Å². The highest BCUT2D eigenvalue weighted by Gasteiger charge is 2.56. The van der Waals surface area contributed by atoms with Crippen LogP contribution in [0.5, 0.6) is 0 Å². The molecule has 1 heterocycles. The van der Waals surface area contributed by atoms with Gasteiger partial charge in [0.25, 0.3) is 0 Å². The Hall–Kier alpha value is -0.910. The minimum Gasteiger partial charge on any atom is -0.462 e. The average Bonchev–Trinajstić information content (AvgIpc) is 2.88. The summed E-state index contributed by atoms with van der Waals surface area (Å²) in [6, 6.07) is 0. The fourth-order valence-corrected chi connectivity index (χ4v) is 4.34. The molecule has 3 aliphatic rings. The molecular weight excluding hydrogens is 260 g/mol. The zero-order chi connectivity index (χ0) is 14.7. The first kappa shape index (κ1) is 14.0. The molecular formula is C15H22O5. The van der Waals surface area contributed by atoms with Gasteiger partial charge >= 0.3 is 5.97 Å². The molecule has 0 aromatic carbocycles. The molecule has 0 radical (unpaired) electrons. The Morgan fingerprint density at radius 3 is 2.70 bits per heavy atom. The molecule has 1 aliphatic heterocycles. The van der Waals surface area contributed by atoms with E-state index >= 15 is 0 Å². The molecule has 1 saturated heterocycles. The van der Waals surface area contributed by atoms with E-state index in [0.717, 1.165) is 12.8 Å². The van der Waals surface area contributed by atoms with Gasteiger partial charge in [0, 0.05) is 11.5 Å². The number of hydrogen-bond donors (Lipinski definition) is 2. The van der Waals surface area contributed by atoms with Gasteiger partial charge in [-0.15, -0.1) is 0 Å². The molecule has 2 aliphatic carbocycles. The minimum atomic E-state index is -0.952. The summed E-state index contributed by atoms with van der Waals surface area (Å²) in [5, 5.41) is 20.1. The third kappa shape index (κ3) is 1.91. The normalized spacial score (nSPS) is 46.2. The Bertz CT molecular complexity index is 469. The first-order valence-electron chi connectivity index (χ1n) is 7.18. The number of rotatable bonds is 1. The highest BCUT2D eigenvalue weighted by atomic mass is 17.1. The van der Waals surface area contributed by atoms with E-state index in [0.29, 0.717) is 5.57 Å². The molecule has 112 valence electrons. The van der Waals surface area contributed by atoms with Crippen LogP contribution < -0.4 is 0 Å². The van der Waals surface area contributed by atoms with E-state index < -0.39 is 17.7 Å². The molecule has 3 rings (SSSR count). The van der Waals surface area contributed by atoms with Gasteiger partial charge in [-0.1, -0.05) is 13.8 Å². The zero-order valence-electron chi connectivity index (χ0n) is 12.1. The third-order valence-corrected chi connectivity index (χ3v) is 5.33. The lowest BCUT2D eigenvalue weighted by molar-refractivity contribution is -0.319. The lowest BCUT2D eigenvalue weighted by atomic mass is 9.79. The SMILES string of the molecule is CC1(C)C[C@@H]2[C@@H](O)[C@@H]3COC(=O)C3=C[C@](C)(OO)[C@@H]2C1. The standard InChI is InChI=1S/C15H22O5/c1-14(2)4-9-11(6-14)15(3,20-18)5-8-10(12(9)16)7-19-13(8)17/h5,9-12,16,18H,4,6-7H2,1-3H3/t9-,10+,11+,12+,15-/m0/s1. The van der Waals surface area contributed by atoms with Crippen molar-refractivity contribution in [1.82, 2.24) is 0 Å². The molecule has 0 amide bonds. The van der Waals surface area contributed by atoms with Gasteiger partial charge in [-0.2, -0.15) is 0 Å². The number of aliphatic hydroxyl groups excluding tert-OH is 1. The van der Waals surface area contributed by atoms with Crippen LogP contribution >= 0.6 is 0 Å². The maximum Gasteiger partial charge on any atom is 0.334 e. The maximum absolute atomic E-state index is 11.8. The van der Waals surface area contributed by atoms with Crippen molar-refractivity contribution in [2.45, 2.75) is 45.3 Å². The van der Waals surface area contributed by atoms with Crippen LogP contribution in [-0.4, -0.2) is 34.6 Å². The molecule has 1 saturated carbocycles. The van der Waals surface area contributed by atoms with Crippen LogP contribution in [0.2, 0.25) is 0 Å². The number of hydrogen-bond acceptors (Lipinski definition) is 5. The molecule has 5 nitrogen and oxygen atoms in total. The second-order valence-electron chi connectivity index (χ2n) is 7.41.